The molecule has 72 valence electrons. The third-order valence-corrected chi connectivity index (χ3v) is 1.91. The molecule has 1 unspecified atom stereocenters. The summed E-state index contributed by atoms with van der Waals surface area (Å²) >= 11 is 0. The molecule has 0 aromatic rings. The maximum Gasteiger partial charge on any atom is 0.333 e. The van der Waals surface area contributed by atoms with Gasteiger partial charge in [-0.2, -0.15) is 13.1 Å². The van der Waals surface area contributed by atoms with Crippen molar-refractivity contribution in [3.63, 3.8) is 0 Å². The van der Waals surface area contributed by atoms with E-state index in [2.05, 4.69) is 0 Å². The Morgan fingerprint density at radius 2 is 2.25 bits per heavy atom. The second-order valence-corrected chi connectivity index (χ2v) is 3.63. The molecule has 0 aliphatic carbocycles. The minimum Gasteiger partial charge on any atom is -0.376 e. The van der Waals surface area contributed by atoms with Crippen molar-refractivity contribution in [1.29, 1.82) is 0 Å². The Kier molecular flexibility index (Phi) is 3.41. The molecule has 2 N–H and O–H groups in total. The summed E-state index contributed by atoms with van der Waals surface area (Å²) in [6.45, 7) is 1.38. The summed E-state index contributed by atoms with van der Waals surface area (Å²) in [5.41, 5.74) is 0. The predicted molar refractivity (Wildman–Crippen MR) is 40.1 cm³/mol. The summed E-state index contributed by atoms with van der Waals surface area (Å²) in [4.78, 5) is 0. The number of rotatable bonds is 3. The molecule has 0 radical (unpaired) electrons. The van der Waals surface area contributed by atoms with Crippen LogP contribution < -0.4 is 4.72 Å². The van der Waals surface area contributed by atoms with Crippen LogP contribution in [0.5, 0.6) is 0 Å². The zero-order valence-electron chi connectivity index (χ0n) is 6.39. The monoisotopic (exact) mass is 197 g/mol. The molecule has 6 nitrogen and oxygen atoms in total. The van der Waals surface area contributed by atoms with Crippen LogP contribution in [0.15, 0.2) is 0 Å². The van der Waals surface area contributed by atoms with E-state index < -0.39 is 10.3 Å². The molecule has 0 bridgehead atoms. The summed E-state index contributed by atoms with van der Waals surface area (Å²) in [5, 5.41) is 0. The van der Waals surface area contributed by atoms with E-state index in [1.54, 1.807) is 0 Å². The van der Waals surface area contributed by atoms with Gasteiger partial charge in [0.15, 0.2) is 0 Å². The van der Waals surface area contributed by atoms with Crippen molar-refractivity contribution < 1.29 is 22.4 Å². The van der Waals surface area contributed by atoms with Crippen LogP contribution in [-0.2, 0) is 19.8 Å². The molecule has 1 heterocycles. The highest BCUT2D eigenvalue weighted by molar-refractivity contribution is 7.83. The van der Waals surface area contributed by atoms with Crippen LogP contribution in [0.1, 0.15) is 0 Å². The van der Waals surface area contributed by atoms with Gasteiger partial charge in [0.2, 0.25) is 0 Å². The van der Waals surface area contributed by atoms with Gasteiger partial charge in [-0.05, 0) is 0 Å². The first kappa shape index (κ1) is 9.87. The third kappa shape index (κ3) is 3.98. The van der Waals surface area contributed by atoms with Gasteiger partial charge in [0.1, 0.15) is 0 Å². The molecule has 12 heavy (non-hydrogen) atoms. The quantitative estimate of drug-likeness (QED) is 0.555. The van der Waals surface area contributed by atoms with Crippen LogP contribution in [-0.4, -0.2) is 45.4 Å². The Morgan fingerprint density at radius 3 is 2.75 bits per heavy atom. The van der Waals surface area contributed by atoms with Crippen molar-refractivity contribution in [3.05, 3.63) is 0 Å². The van der Waals surface area contributed by atoms with E-state index in [0.717, 1.165) is 0 Å². The van der Waals surface area contributed by atoms with E-state index in [1.807, 2.05) is 4.72 Å². The molecule has 1 atom stereocenters. The molecule has 1 rings (SSSR count). The summed E-state index contributed by atoms with van der Waals surface area (Å²) in [6, 6.07) is 0. The molecule has 0 saturated carbocycles. The number of hydrogen-bond acceptors (Lipinski definition) is 4. The van der Waals surface area contributed by atoms with Crippen molar-refractivity contribution in [2.24, 2.45) is 0 Å². The van der Waals surface area contributed by atoms with Gasteiger partial charge in [-0.15, -0.1) is 0 Å². The Balaban J connectivity index is 2.22. The largest absolute Gasteiger partial charge is 0.376 e. The molecule has 1 aliphatic rings. The fourth-order valence-corrected chi connectivity index (χ4v) is 1.25. The lowest BCUT2D eigenvalue weighted by Crippen LogP contribution is -2.39. The maximum absolute atomic E-state index is 10.2. The topological polar surface area (TPSA) is 84.9 Å². The first-order valence-corrected chi connectivity index (χ1v) is 4.93. The molecule has 0 aromatic carbocycles. The van der Waals surface area contributed by atoms with Crippen LogP contribution in [0.4, 0.5) is 0 Å². The molecule has 1 saturated heterocycles. The first-order chi connectivity index (χ1) is 5.58. The lowest BCUT2D eigenvalue weighted by Gasteiger charge is -2.22. The van der Waals surface area contributed by atoms with E-state index >= 15 is 0 Å². The van der Waals surface area contributed by atoms with E-state index in [-0.39, 0.29) is 12.6 Å². The van der Waals surface area contributed by atoms with Crippen molar-refractivity contribution in [2.45, 2.75) is 6.10 Å². The lowest BCUT2D eigenvalue weighted by atomic mass is 10.3. The van der Waals surface area contributed by atoms with Gasteiger partial charge >= 0.3 is 10.3 Å². The average molecular weight is 197 g/mol. The van der Waals surface area contributed by atoms with Crippen LogP contribution in [0, 0.1) is 0 Å². The highest BCUT2D eigenvalue weighted by Crippen LogP contribution is 1.98. The van der Waals surface area contributed by atoms with Gasteiger partial charge in [-0.3, -0.25) is 4.55 Å². The minimum atomic E-state index is -4.11. The summed E-state index contributed by atoms with van der Waals surface area (Å²) in [5.74, 6) is 0. The van der Waals surface area contributed by atoms with E-state index in [0.29, 0.717) is 19.8 Å². The van der Waals surface area contributed by atoms with Crippen LogP contribution in [0.3, 0.4) is 0 Å². The Bertz CT molecular complexity index is 220. The predicted octanol–water partition coefficient (Wildman–Crippen LogP) is -1.21. The Hall–Kier alpha value is -0.210. The second kappa shape index (κ2) is 4.15. The van der Waals surface area contributed by atoms with Crippen molar-refractivity contribution in [1.82, 2.24) is 4.72 Å². The standard InChI is InChI=1S/C5H11NO5S/c7-12(8,9)6-3-5-4-10-1-2-11-5/h5-6H,1-4H2,(H,7,8,9). The molecule has 0 aromatic heterocycles. The molecule has 7 heteroatoms. The number of nitrogens with one attached hydrogen (secondary N) is 1. The van der Waals surface area contributed by atoms with Crippen molar-refractivity contribution in [2.75, 3.05) is 26.4 Å². The minimum absolute atomic E-state index is 0.0405. The van der Waals surface area contributed by atoms with Gasteiger partial charge in [-0.1, -0.05) is 0 Å². The molecular weight excluding hydrogens is 186 g/mol. The van der Waals surface area contributed by atoms with Gasteiger partial charge < -0.3 is 9.47 Å². The third-order valence-electron chi connectivity index (χ3n) is 1.38. The fraction of sp³-hybridized carbons (Fsp3) is 1.00. The normalized spacial score (nSPS) is 25.6. The van der Waals surface area contributed by atoms with Gasteiger partial charge in [0.25, 0.3) is 0 Å². The number of hydrogen-bond donors (Lipinski definition) is 2. The molecule has 1 aliphatic heterocycles. The van der Waals surface area contributed by atoms with E-state index in [1.165, 1.54) is 0 Å². The average Bonchev–Trinajstić information content (AvgIpc) is 2.02. The maximum atomic E-state index is 10.2. The van der Waals surface area contributed by atoms with E-state index in [9.17, 15) is 8.42 Å². The highest BCUT2D eigenvalue weighted by Gasteiger charge is 2.16. The molecule has 1 fully saturated rings. The summed E-state index contributed by atoms with van der Waals surface area (Å²) < 4.78 is 40.8. The first-order valence-electron chi connectivity index (χ1n) is 3.49. The van der Waals surface area contributed by atoms with Crippen LogP contribution in [0.25, 0.3) is 0 Å². The van der Waals surface area contributed by atoms with Crippen LogP contribution >= 0.6 is 0 Å². The summed E-state index contributed by atoms with van der Waals surface area (Å²) in [6.07, 6.45) is -0.305. The smallest absolute Gasteiger partial charge is 0.333 e. The van der Waals surface area contributed by atoms with Gasteiger partial charge in [0, 0.05) is 6.54 Å². The lowest BCUT2D eigenvalue weighted by molar-refractivity contribution is -0.0848. The molecule has 0 spiro atoms. The fourth-order valence-electron chi connectivity index (χ4n) is 0.853. The summed E-state index contributed by atoms with van der Waals surface area (Å²) in [7, 11) is -4.11. The zero-order valence-corrected chi connectivity index (χ0v) is 7.21. The van der Waals surface area contributed by atoms with E-state index in [4.69, 9.17) is 14.0 Å². The Morgan fingerprint density at radius 1 is 1.50 bits per heavy atom. The molecule has 0 amide bonds. The zero-order chi connectivity index (χ0) is 9.03. The second-order valence-electron chi connectivity index (χ2n) is 2.39. The highest BCUT2D eigenvalue weighted by atomic mass is 32.2. The van der Waals surface area contributed by atoms with Crippen LogP contribution in [0.2, 0.25) is 0 Å². The SMILES string of the molecule is O=S(=O)(O)NCC1COCCO1. The number of ether oxygens (including phenoxy) is 2. The van der Waals surface area contributed by atoms with Gasteiger partial charge in [-0.25, -0.2) is 0 Å². The Labute approximate surface area is 70.7 Å². The van der Waals surface area contributed by atoms with Gasteiger partial charge in [0.05, 0.1) is 25.9 Å². The van der Waals surface area contributed by atoms with Crippen molar-refractivity contribution >= 4 is 10.3 Å². The molecular formula is C5H11NO5S. The van der Waals surface area contributed by atoms with Crippen molar-refractivity contribution in [3.8, 4) is 0 Å².